The van der Waals surface area contributed by atoms with Gasteiger partial charge in [-0.15, -0.1) is 0 Å². The lowest BCUT2D eigenvalue weighted by molar-refractivity contribution is 0.102. The maximum absolute atomic E-state index is 12.0. The third kappa shape index (κ3) is 3.18. The van der Waals surface area contributed by atoms with Crippen LogP contribution in [0, 0.1) is 11.3 Å². The summed E-state index contributed by atoms with van der Waals surface area (Å²) in [5.41, 5.74) is 8.14. The van der Waals surface area contributed by atoms with Crippen LogP contribution in [0.3, 0.4) is 0 Å². The lowest BCUT2D eigenvalue weighted by Crippen LogP contribution is -2.12. The van der Waals surface area contributed by atoms with Crippen molar-refractivity contribution < 1.29 is 4.79 Å². The molecule has 0 aliphatic heterocycles. The molecule has 0 spiro atoms. The smallest absolute Gasteiger partial charge is 0.255 e. The van der Waals surface area contributed by atoms with E-state index in [1.54, 1.807) is 36.4 Å². The van der Waals surface area contributed by atoms with Crippen LogP contribution in [0.1, 0.15) is 21.5 Å². The summed E-state index contributed by atoms with van der Waals surface area (Å²) in [6, 6.07) is 15.9. The van der Waals surface area contributed by atoms with Crippen LogP contribution in [0.2, 0.25) is 0 Å². The van der Waals surface area contributed by atoms with E-state index in [1.807, 2.05) is 18.2 Å². The summed E-state index contributed by atoms with van der Waals surface area (Å²) in [4.78, 5) is 12.0. The third-order valence-corrected chi connectivity index (χ3v) is 2.70. The van der Waals surface area contributed by atoms with Crippen LogP contribution >= 0.6 is 0 Å². The molecule has 3 N–H and O–H groups in total. The summed E-state index contributed by atoms with van der Waals surface area (Å²) in [7, 11) is 0. The number of rotatable bonds is 3. The van der Waals surface area contributed by atoms with Crippen molar-refractivity contribution in [1.82, 2.24) is 0 Å². The van der Waals surface area contributed by atoms with Crippen LogP contribution in [0.15, 0.2) is 48.5 Å². The molecule has 0 saturated carbocycles. The topological polar surface area (TPSA) is 78.9 Å². The monoisotopic (exact) mass is 251 g/mol. The van der Waals surface area contributed by atoms with Crippen molar-refractivity contribution in [3.63, 3.8) is 0 Å². The fourth-order valence-corrected chi connectivity index (χ4v) is 1.66. The van der Waals surface area contributed by atoms with E-state index in [4.69, 9.17) is 11.0 Å². The highest BCUT2D eigenvalue weighted by Gasteiger charge is 2.06. The quantitative estimate of drug-likeness (QED) is 0.878. The van der Waals surface area contributed by atoms with Gasteiger partial charge >= 0.3 is 0 Å². The van der Waals surface area contributed by atoms with Gasteiger partial charge in [-0.2, -0.15) is 5.26 Å². The number of anilines is 1. The van der Waals surface area contributed by atoms with Crippen molar-refractivity contribution in [3.05, 3.63) is 65.2 Å². The van der Waals surface area contributed by atoms with Gasteiger partial charge in [-0.3, -0.25) is 4.79 Å². The zero-order valence-electron chi connectivity index (χ0n) is 10.3. The number of benzene rings is 2. The molecule has 4 nitrogen and oxygen atoms in total. The van der Waals surface area contributed by atoms with Crippen LogP contribution < -0.4 is 11.1 Å². The van der Waals surface area contributed by atoms with Gasteiger partial charge in [0.25, 0.3) is 5.91 Å². The molecule has 2 rings (SSSR count). The van der Waals surface area contributed by atoms with E-state index < -0.39 is 0 Å². The standard InChI is InChI=1S/C15H13N3O/c16-9-11-4-6-13(7-5-11)15(19)18-14-3-1-2-12(8-14)10-17/h1-8H,9,16H2,(H,18,19). The Bertz CT molecular complexity index is 627. The van der Waals surface area contributed by atoms with Gasteiger partial charge in [0.05, 0.1) is 11.6 Å². The maximum Gasteiger partial charge on any atom is 0.255 e. The van der Waals surface area contributed by atoms with Crippen molar-refractivity contribution in [2.24, 2.45) is 5.73 Å². The zero-order chi connectivity index (χ0) is 13.7. The predicted octanol–water partition coefficient (Wildman–Crippen LogP) is 2.27. The molecule has 4 heteroatoms. The van der Waals surface area contributed by atoms with Crippen molar-refractivity contribution in [1.29, 1.82) is 5.26 Å². The molecule has 0 unspecified atom stereocenters. The van der Waals surface area contributed by atoms with Gasteiger partial charge in [-0.25, -0.2) is 0 Å². The molecule has 0 aliphatic carbocycles. The fraction of sp³-hybridized carbons (Fsp3) is 0.0667. The van der Waals surface area contributed by atoms with Crippen molar-refractivity contribution in [2.75, 3.05) is 5.32 Å². The molecule has 1 amide bonds. The van der Waals surface area contributed by atoms with Crippen LogP contribution in [-0.4, -0.2) is 5.91 Å². The van der Waals surface area contributed by atoms with Crippen molar-refractivity contribution in [2.45, 2.75) is 6.54 Å². The lowest BCUT2D eigenvalue weighted by atomic mass is 10.1. The number of hydrogen-bond donors (Lipinski definition) is 2. The molecule has 0 heterocycles. The van der Waals surface area contributed by atoms with Crippen LogP contribution in [-0.2, 0) is 6.54 Å². The first-order valence-electron chi connectivity index (χ1n) is 5.83. The maximum atomic E-state index is 12.0. The van der Waals surface area contributed by atoms with Crippen molar-refractivity contribution >= 4 is 11.6 Å². The number of carbonyl (C=O) groups excluding carboxylic acids is 1. The molecule has 0 atom stereocenters. The van der Waals surface area contributed by atoms with E-state index in [0.717, 1.165) is 5.56 Å². The highest BCUT2D eigenvalue weighted by molar-refractivity contribution is 6.04. The van der Waals surface area contributed by atoms with Gasteiger partial charge in [-0.05, 0) is 35.9 Å². The van der Waals surface area contributed by atoms with Gasteiger partial charge < -0.3 is 11.1 Å². The molecule has 0 aromatic heterocycles. The van der Waals surface area contributed by atoms with Crippen molar-refractivity contribution in [3.8, 4) is 6.07 Å². The summed E-state index contributed by atoms with van der Waals surface area (Å²) in [5, 5.41) is 11.5. The number of nitrogens with two attached hydrogens (primary N) is 1. The molecule has 2 aromatic rings. The lowest BCUT2D eigenvalue weighted by Gasteiger charge is -2.06. The summed E-state index contributed by atoms with van der Waals surface area (Å²) in [5.74, 6) is -0.210. The Morgan fingerprint density at radius 1 is 1.21 bits per heavy atom. The zero-order valence-corrected chi connectivity index (χ0v) is 10.3. The Morgan fingerprint density at radius 3 is 2.58 bits per heavy atom. The summed E-state index contributed by atoms with van der Waals surface area (Å²) in [6.45, 7) is 0.451. The van der Waals surface area contributed by atoms with Gasteiger partial charge in [0, 0.05) is 17.8 Å². The molecular weight excluding hydrogens is 238 g/mol. The second-order valence-electron chi connectivity index (χ2n) is 4.05. The number of nitrogens with one attached hydrogen (secondary N) is 1. The molecule has 19 heavy (non-hydrogen) atoms. The van der Waals surface area contributed by atoms with Gasteiger partial charge in [-0.1, -0.05) is 18.2 Å². The van der Waals surface area contributed by atoms with Crippen LogP contribution in [0.5, 0.6) is 0 Å². The largest absolute Gasteiger partial charge is 0.326 e. The number of carbonyl (C=O) groups is 1. The minimum Gasteiger partial charge on any atom is -0.326 e. The Labute approximate surface area is 111 Å². The summed E-state index contributed by atoms with van der Waals surface area (Å²) in [6.07, 6.45) is 0. The van der Waals surface area contributed by atoms with E-state index in [-0.39, 0.29) is 5.91 Å². The highest BCUT2D eigenvalue weighted by atomic mass is 16.1. The first-order chi connectivity index (χ1) is 9.22. The number of nitrogens with zero attached hydrogens (tertiary/aromatic N) is 1. The molecule has 0 aliphatic rings. The number of amides is 1. The summed E-state index contributed by atoms with van der Waals surface area (Å²) < 4.78 is 0. The Kier molecular flexibility index (Phi) is 3.91. The Morgan fingerprint density at radius 2 is 1.95 bits per heavy atom. The van der Waals surface area contributed by atoms with E-state index in [2.05, 4.69) is 5.32 Å². The first-order valence-corrected chi connectivity index (χ1v) is 5.83. The number of hydrogen-bond acceptors (Lipinski definition) is 3. The van der Waals surface area contributed by atoms with Gasteiger partial charge in [0.1, 0.15) is 0 Å². The SMILES string of the molecule is N#Cc1cccc(NC(=O)c2ccc(CN)cc2)c1. The van der Waals surface area contributed by atoms with E-state index in [9.17, 15) is 4.79 Å². The summed E-state index contributed by atoms with van der Waals surface area (Å²) >= 11 is 0. The molecule has 2 aromatic carbocycles. The fourth-order valence-electron chi connectivity index (χ4n) is 1.66. The van der Waals surface area contributed by atoms with E-state index in [0.29, 0.717) is 23.4 Å². The second kappa shape index (κ2) is 5.80. The van der Waals surface area contributed by atoms with Gasteiger partial charge in [0.15, 0.2) is 0 Å². The minimum atomic E-state index is -0.210. The Hall–Kier alpha value is -2.64. The molecule has 0 saturated heterocycles. The normalized spacial score (nSPS) is 9.68. The highest BCUT2D eigenvalue weighted by Crippen LogP contribution is 2.12. The first kappa shape index (κ1) is 12.8. The van der Waals surface area contributed by atoms with Gasteiger partial charge in [0.2, 0.25) is 0 Å². The third-order valence-electron chi connectivity index (χ3n) is 2.70. The number of nitriles is 1. The van der Waals surface area contributed by atoms with E-state index in [1.165, 1.54) is 0 Å². The average Bonchev–Trinajstić information content (AvgIpc) is 2.47. The van der Waals surface area contributed by atoms with Crippen LogP contribution in [0.4, 0.5) is 5.69 Å². The molecular formula is C15H13N3O. The molecule has 0 bridgehead atoms. The Balaban J connectivity index is 2.13. The van der Waals surface area contributed by atoms with E-state index >= 15 is 0 Å². The minimum absolute atomic E-state index is 0.210. The predicted molar refractivity (Wildman–Crippen MR) is 73.4 cm³/mol. The molecule has 0 fully saturated rings. The molecule has 0 radical (unpaired) electrons. The average molecular weight is 251 g/mol. The van der Waals surface area contributed by atoms with Crippen LogP contribution in [0.25, 0.3) is 0 Å². The molecule has 94 valence electrons. The second-order valence-corrected chi connectivity index (χ2v) is 4.05.